The van der Waals surface area contributed by atoms with Crippen molar-refractivity contribution in [2.45, 2.75) is 103 Å². The number of aliphatic hydroxyl groups is 1. The second-order valence-corrected chi connectivity index (χ2v) is 20.8. The van der Waals surface area contributed by atoms with E-state index >= 15 is 0 Å². The molecule has 0 radical (unpaired) electrons. The Hall–Kier alpha value is -6.06. The van der Waals surface area contributed by atoms with Crippen molar-refractivity contribution < 1.29 is 47.3 Å². The van der Waals surface area contributed by atoms with Crippen LogP contribution in [0.25, 0.3) is 21.7 Å². The van der Waals surface area contributed by atoms with Crippen molar-refractivity contribution in [1.29, 1.82) is 0 Å². The number of ether oxygens (including phenoxy) is 3. The van der Waals surface area contributed by atoms with E-state index in [1.54, 1.807) is 29.1 Å². The van der Waals surface area contributed by atoms with Gasteiger partial charge in [-0.15, -0.1) is 20.1 Å². The number of carbonyl (C=O) groups is 4. The summed E-state index contributed by atoms with van der Waals surface area (Å²) >= 11 is 6.46. The predicted octanol–water partition coefficient (Wildman–Crippen LogP) is 7.54. The van der Waals surface area contributed by atoms with Crippen LogP contribution in [0, 0.1) is 18.3 Å². The molecule has 6 heterocycles. The molecule has 5 atom stereocenters. The molecule has 3 aromatic heterocycles. The van der Waals surface area contributed by atoms with Gasteiger partial charge in [-0.2, -0.15) is 5.10 Å². The molecule has 4 amide bonds. The lowest BCUT2D eigenvalue weighted by molar-refractivity contribution is -0.144. The van der Waals surface area contributed by atoms with Gasteiger partial charge in [-0.25, -0.2) is 14.6 Å². The van der Waals surface area contributed by atoms with E-state index in [1.807, 2.05) is 62.7 Å². The lowest BCUT2D eigenvalue weighted by atomic mass is 9.85. The first-order valence-corrected chi connectivity index (χ1v) is 25.4. The highest BCUT2D eigenvalue weighted by molar-refractivity contribution is 7.13. The molecule has 3 fully saturated rings. The molecular formula is C51H60ClF2N9O8S. The third-order valence-electron chi connectivity index (χ3n) is 13.0. The van der Waals surface area contributed by atoms with Crippen molar-refractivity contribution in [2.24, 2.45) is 11.3 Å². The molecule has 3 saturated heterocycles. The molecule has 0 spiro atoms. The van der Waals surface area contributed by atoms with Gasteiger partial charge in [0.25, 0.3) is 5.91 Å². The largest absolute Gasteiger partial charge is 0.487 e. The average Bonchev–Trinajstić information content (AvgIpc) is 4.19. The Labute approximate surface area is 425 Å². The standard InChI is InChI=1S/C51H60ClF2N9O8S/c1-31-44(72-30-57-31)34-10-8-32(9-11-34)25-56-48(67)41-24-37(64)28-62(41)49(68)45(50(2,3)4)60-42(65)18-22-69-29-33-17-20-61(27-33)46-39(40-16-19-58-63(40)43-7-5-6-21-70-43)23-35(26-55-46)47(66)59-36-12-14-38(15-13-36)71-51(52,53)54/h8-16,19,23,26,30,33,37,41,43,45,64H,5-7,17-18,20-22,24-25,27-29H2,1-4H3,(H,56,67)(H,59,66)(H,60,65)/t33-,37+,41-,43?,45+/m0/s1. The topological polar surface area (TPSA) is 202 Å². The van der Waals surface area contributed by atoms with Gasteiger partial charge in [0.1, 0.15) is 23.7 Å². The van der Waals surface area contributed by atoms with Crippen molar-refractivity contribution in [3.63, 3.8) is 0 Å². The van der Waals surface area contributed by atoms with Gasteiger partial charge in [0.15, 0.2) is 6.23 Å². The van der Waals surface area contributed by atoms with Gasteiger partial charge in [-0.3, -0.25) is 19.2 Å². The first-order chi connectivity index (χ1) is 34.4. The van der Waals surface area contributed by atoms with Gasteiger partial charge < -0.3 is 45.1 Å². The third-order valence-corrected chi connectivity index (χ3v) is 14.0. The normalized spacial score (nSPS) is 19.8. The minimum Gasteiger partial charge on any atom is -0.420 e. The average molecular weight is 1030 g/mol. The van der Waals surface area contributed by atoms with E-state index in [0.717, 1.165) is 53.1 Å². The number of pyridine rings is 1. The van der Waals surface area contributed by atoms with Crippen molar-refractivity contribution in [3.8, 4) is 27.4 Å². The van der Waals surface area contributed by atoms with Gasteiger partial charge in [0.05, 0.1) is 46.7 Å². The number of carbonyl (C=O) groups excluding carboxylic acids is 4. The van der Waals surface area contributed by atoms with Crippen LogP contribution >= 0.6 is 22.9 Å². The quantitative estimate of drug-likeness (QED) is 0.0497. The SMILES string of the molecule is Cc1ncsc1-c1ccc(CNC(=O)[C@@H]2C[C@@H](O)CN2C(=O)[C@@H](NC(=O)CCOC[C@H]2CCN(c3ncc(C(=O)Nc4ccc(OC(F)(F)Cl)cc4)cc3-c3ccnn3C3CCCCO3)C2)C(C)(C)C)cc1. The number of nitrogens with zero attached hydrogens (tertiary/aromatic N) is 6. The number of nitrogens with one attached hydrogen (secondary N) is 3. The second-order valence-electron chi connectivity index (χ2n) is 19.5. The Bertz CT molecular complexity index is 2690. The summed E-state index contributed by atoms with van der Waals surface area (Å²) in [6, 6.07) is 15.0. The zero-order valence-electron chi connectivity index (χ0n) is 40.6. The Morgan fingerprint density at radius 1 is 1.01 bits per heavy atom. The Morgan fingerprint density at radius 2 is 1.79 bits per heavy atom. The van der Waals surface area contributed by atoms with Crippen LogP contribution in [0.3, 0.4) is 0 Å². The maximum absolute atomic E-state index is 14.2. The maximum Gasteiger partial charge on any atom is 0.487 e. The summed E-state index contributed by atoms with van der Waals surface area (Å²) in [6.45, 7) is 9.98. The number of benzene rings is 2. The van der Waals surface area contributed by atoms with Gasteiger partial charge in [0.2, 0.25) is 17.7 Å². The fraction of sp³-hybridized carbons (Fsp3) is 0.471. The molecule has 5 aromatic rings. The lowest BCUT2D eigenvalue weighted by Gasteiger charge is -2.35. The fourth-order valence-electron chi connectivity index (χ4n) is 9.23. The molecule has 0 aliphatic carbocycles. The van der Waals surface area contributed by atoms with Crippen molar-refractivity contribution in [3.05, 3.63) is 95.4 Å². The molecule has 17 nitrogen and oxygen atoms in total. The number of hydrogen-bond donors (Lipinski definition) is 4. The highest BCUT2D eigenvalue weighted by Gasteiger charge is 2.44. The van der Waals surface area contributed by atoms with Crippen LogP contribution in [-0.2, 0) is 30.4 Å². The van der Waals surface area contributed by atoms with E-state index < -0.39 is 41.0 Å². The molecule has 72 heavy (non-hydrogen) atoms. The highest BCUT2D eigenvalue weighted by Crippen LogP contribution is 2.37. The second kappa shape index (κ2) is 22.8. The predicted molar refractivity (Wildman–Crippen MR) is 268 cm³/mol. The number of amides is 4. The van der Waals surface area contributed by atoms with Crippen LogP contribution < -0.4 is 25.6 Å². The lowest BCUT2D eigenvalue weighted by Crippen LogP contribution is -2.57. The number of aromatic nitrogens is 4. The van der Waals surface area contributed by atoms with Crippen molar-refractivity contribution in [2.75, 3.05) is 49.7 Å². The summed E-state index contributed by atoms with van der Waals surface area (Å²) in [5, 5.41) is 23.9. The summed E-state index contributed by atoms with van der Waals surface area (Å²) in [7, 11) is 0. The number of aryl methyl sites for hydroxylation is 1. The Morgan fingerprint density at radius 3 is 2.49 bits per heavy atom. The molecule has 0 saturated carbocycles. The summed E-state index contributed by atoms with van der Waals surface area (Å²) in [5.74, 6) is -1.12. The number of halogens is 3. The molecule has 4 N–H and O–H groups in total. The van der Waals surface area contributed by atoms with Crippen molar-refractivity contribution >= 4 is 58.1 Å². The smallest absolute Gasteiger partial charge is 0.420 e. The van der Waals surface area contributed by atoms with Gasteiger partial charge in [-0.1, -0.05) is 45.0 Å². The first-order valence-electron chi connectivity index (χ1n) is 24.1. The zero-order chi connectivity index (χ0) is 51.2. The molecule has 8 rings (SSSR count). The number of likely N-dealkylation sites (tertiary alicyclic amines) is 1. The van der Waals surface area contributed by atoms with Crippen LogP contribution in [0.5, 0.6) is 5.75 Å². The number of hydrogen-bond acceptors (Lipinski definition) is 13. The molecule has 0 bridgehead atoms. The van der Waals surface area contributed by atoms with Crippen LogP contribution in [0.4, 0.5) is 20.3 Å². The monoisotopic (exact) mass is 1030 g/mol. The molecule has 3 aliphatic rings. The molecule has 1 unspecified atom stereocenters. The summed E-state index contributed by atoms with van der Waals surface area (Å²) in [6.07, 6.45) is 5.54. The summed E-state index contributed by atoms with van der Waals surface area (Å²) in [4.78, 5) is 68.5. The summed E-state index contributed by atoms with van der Waals surface area (Å²) < 4.78 is 44.6. The number of aliphatic hydroxyl groups excluding tert-OH is 1. The van der Waals surface area contributed by atoms with Gasteiger partial charge in [0, 0.05) is 86.8 Å². The van der Waals surface area contributed by atoms with E-state index in [4.69, 9.17) is 26.1 Å². The van der Waals surface area contributed by atoms with E-state index in [9.17, 15) is 33.1 Å². The molecule has 2 aromatic carbocycles. The van der Waals surface area contributed by atoms with E-state index in [0.29, 0.717) is 43.4 Å². The number of β-amino-alcohol motifs (C(OH)–C–C–N with tert-alkyl or cyclic N) is 1. The summed E-state index contributed by atoms with van der Waals surface area (Å²) in [5.41, 5.74) is 2.07. The molecule has 384 valence electrons. The Kier molecular flexibility index (Phi) is 16.5. The molecular weight excluding hydrogens is 972 g/mol. The minimum atomic E-state index is -3.88. The van der Waals surface area contributed by atoms with Crippen molar-refractivity contribution in [1.82, 2.24) is 35.3 Å². The third kappa shape index (κ3) is 13.1. The molecule has 3 aliphatic heterocycles. The number of anilines is 2. The van der Waals surface area contributed by atoms with Gasteiger partial charge >= 0.3 is 5.57 Å². The van der Waals surface area contributed by atoms with Crippen LogP contribution in [0.15, 0.2) is 78.6 Å². The van der Waals surface area contributed by atoms with E-state index in [1.165, 1.54) is 35.4 Å². The van der Waals surface area contributed by atoms with Crippen LogP contribution in [-0.4, -0.2) is 117 Å². The van der Waals surface area contributed by atoms with Crippen LogP contribution in [0.2, 0.25) is 0 Å². The van der Waals surface area contributed by atoms with E-state index in [-0.39, 0.29) is 67.8 Å². The zero-order valence-corrected chi connectivity index (χ0v) is 42.2. The fourth-order valence-corrected chi connectivity index (χ4v) is 10.1. The maximum atomic E-state index is 14.2. The number of rotatable bonds is 18. The van der Waals surface area contributed by atoms with Crippen LogP contribution in [0.1, 0.15) is 87.1 Å². The van der Waals surface area contributed by atoms with Gasteiger partial charge in [-0.05, 0) is 85.5 Å². The highest BCUT2D eigenvalue weighted by atomic mass is 35.5. The van der Waals surface area contributed by atoms with E-state index in [2.05, 4.69) is 35.7 Å². The number of alkyl halides is 3. The Balaban J connectivity index is 0.856. The minimum absolute atomic E-state index is 0.00603. The molecule has 21 heteroatoms. The first kappa shape index (κ1) is 52.3. The number of thiazole rings is 1.